The van der Waals surface area contributed by atoms with Crippen molar-refractivity contribution < 1.29 is 9.53 Å². The van der Waals surface area contributed by atoms with Gasteiger partial charge in [0.05, 0.1) is 21.6 Å². The summed E-state index contributed by atoms with van der Waals surface area (Å²) in [5, 5.41) is 1.09. The number of thiazole rings is 1. The van der Waals surface area contributed by atoms with E-state index in [1.165, 1.54) is 10.6 Å². The van der Waals surface area contributed by atoms with Crippen molar-refractivity contribution in [3.05, 3.63) is 45.4 Å². The van der Waals surface area contributed by atoms with Crippen molar-refractivity contribution in [2.45, 2.75) is 38.1 Å². The lowest BCUT2D eigenvalue weighted by Crippen LogP contribution is -2.36. The molecule has 5 heteroatoms. The Morgan fingerprint density at radius 1 is 1.39 bits per heavy atom. The number of amides is 1. The van der Waals surface area contributed by atoms with Crippen LogP contribution >= 0.6 is 11.3 Å². The van der Waals surface area contributed by atoms with Gasteiger partial charge in [-0.15, -0.1) is 11.3 Å². The predicted octanol–water partition coefficient (Wildman–Crippen LogP) is 3.46. The number of fused-ring (bicyclic) bond motifs is 2. The van der Waals surface area contributed by atoms with Crippen LogP contribution < -0.4 is 4.74 Å². The van der Waals surface area contributed by atoms with Gasteiger partial charge in [-0.2, -0.15) is 0 Å². The van der Waals surface area contributed by atoms with Crippen LogP contribution in [0, 0.1) is 6.92 Å². The van der Waals surface area contributed by atoms with Crippen molar-refractivity contribution in [3.8, 4) is 5.75 Å². The number of likely N-dealkylation sites (N-methyl/N-ethyl adjacent to an activating group) is 1. The van der Waals surface area contributed by atoms with E-state index in [2.05, 4.69) is 4.98 Å². The quantitative estimate of drug-likeness (QED) is 0.848. The van der Waals surface area contributed by atoms with Crippen LogP contribution in [0.25, 0.3) is 0 Å². The van der Waals surface area contributed by atoms with Gasteiger partial charge in [-0.3, -0.25) is 4.79 Å². The average molecular weight is 328 g/mol. The number of aromatic nitrogens is 1. The zero-order valence-corrected chi connectivity index (χ0v) is 14.2. The van der Waals surface area contributed by atoms with Gasteiger partial charge in [0.2, 0.25) is 5.91 Å². The first-order valence-corrected chi connectivity index (χ1v) is 8.91. The number of hydrogen-bond donors (Lipinski definition) is 0. The molecule has 0 saturated heterocycles. The number of carbonyl (C=O) groups excluding carboxylic acids is 1. The van der Waals surface area contributed by atoms with Crippen molar-refractivity contribution in [1.29, 1.82) is 0 Å². The highest BCUT2D eigenvalue weighted by molar-refractivity contribution is 7.11. The minimum atomic E-state index is -0.185. The van der Waals surface area contributed by atoms with Crippen LogP contribution in [0.4, 0.5) is 0 Å². The maximum atomic E-state index is 13.1. The van der Waals surface area contributed by atoms with Gasteiger partial charge in [-0.05, 0) is 32.3 Å². The Balaban J connectivity index is 1.61. The van der Waals surface area contributed by atoms with Crippen molar-refractivity contribution in [2.24, 2.45) is 0 Å². The summed E-state index contributed by atoms with van der Waals surface area (Å²) in [4.78, 5) is 20.9. The lowest BCUT2D eigenvalue weighted by atomic mass is 9.94. The molecule has 2 aromatic rings. The van der Waals surface area contributed by atoms with E-state index in [9.17, 15) is 4.79 Å². The van der Waals surface area contributed by atoms with Crippen molar-refractivity contribution in [2.75, 3.05) is 13.7 Å². The summed E-state index contributed by atoms with van der Waals surface area (Å²) < 4.78 is 5.69. The highest BCUT2D eigenvalue weighted by Gasteiger charge is 2.36. The van der Waals surface area contributed by atoms with Crippen LogP contribution in [0.5, 0.6) is 5.75 Å². The molecule has 4 nitrogen and oxygen atoms in total. The third kappa shape index (κ3) is 2.43. The summed E-state index contributed by atoms with van der Waals surface area (Å²) in [7, 11) is 1.93. The molecule has 120 valence electrons. The first-order chi connectivity index (χ1) is 11.1. The Morgan fingerprint density at radius 3 is 3.09 bits per heavy atom. The summed E-state index contributed by atoms with van der Waals surface area (Å²) in [5.41, 5.74) is 2.20. The molecule has 0 fully saturated rings. The average Bonchev–Trinajstić information content (AvgIpc) is 3.15. The SMILES string of the molecule is Cc1nc2c(s1)[C@H](N(C)C(=O)[C@@H]1COc3ccccc31)CCC2. The van der Waals surface area contributed by atoms with Crippen LogP contribution in [-0.4, -0.2) is 29.4 Å². The molecular weight excluding hydrogens is 308 g/mol. The molecule has 0 spiro atoms. The van der Waals surface area contributed by atoms with Gasteiger partial charge in [-0.1, -0.05) is 18.2 Å². The number of ether oxygens (including phenoxy) is 1. The van der Waals surface area contributed by atoms with Gasteiger partial charge in [0, 0.05) is 12.6 Å². The molecule has 1 amide bonds. The number of benzene rings is 1. The van der Waals surface area contributed by atoms with Gasteiger partial charge in [0.15, 0.2) is 0 Å². The molecule has 23 heavy (non-hydrogen) atoms. The maximum Gasteiger partial charge on any atom is 0.234 e. The van der Waals surface area contributed by atoms with Crippen LogP contribution in [0.1, 0.15) is 45.9 Å². The molecule has 2 atom stereocenters. The lowest BCUT2D eigenvalue weighted by Gasteiger charge is -2.32. The highest BCUT2D eigenvalue weighted by Crippen LogP contribution is 2.40. The molecule has 1 aromatic heterocycles. The molecule has 0 unspecified atom stereocenters. The molecule has 0 saturated carbocycles. The van der Waals surface area contributed by atoms with Gasteiger partial charge in [-0.25, -0.2) is 4.98 Å². The normalized spacial score (nSPS) is 22.2. The highest BCUT2D eigenvalue weighted by atomic mass is 32.1. The second-order valence-corrected chi connectivity index (χ2v) is 7.54. The van der Waals surface area contributed by atoms with E-state index in [4.69, 9.17) is 4.74 Å². The topological polar surface area (TPSA) is 42.4 Å². The Labute approximate surface area is 140 Å². The zero-order valence-electron chi connectivity index (χ0n) is 13.4. The van der Waals surface area contributed by atoms with E-state index < -0.39 is 0 Å². The van der Waals surface area contributed by atoms with E-state index in [0.717, 1.165) is 35.6 Å². The monoisotopic (exact) mass is 328 g/mol. The Hall–Kier alpha value is -1.88. The van der Waals surface area contributed by atoms with Crippen LogP contribution in [0.15, 0.2) is 24.3 Å². The third-order valence-electron chi connectivity index (χ3n) is 4.84. The van der Waals surface area contributed by atoms with E-state index in [0.29, 0.717) is 6.61 Å². The van der Waals surface area contributed by atoms with E-state index in [-0.39, 0.29) is 17.9 Å². The summed E-state index contributed by atoms with van der Waals surface area (Å²) in [6, 6.07) is 8.02. The minimum absolute atomic E-state index is 0.152. The summed E-state index contributed by atoms with van der Waals surface area (Å²) in [5.74, 6) is 0.812. The first kappa shape index (κ1) is 14.7. The zero-order chi connectivity index (χ0) is 16.0. The van der Waals surface area contributed by atoms with Gasteiger partial charge in [0.25, 0.3) is 0 Å². The molecule has 1 aromatic carbocycles. The van der Waals surface area contributed by atoms with E-state index in [1.54, 1.807) is 11.3 Å². The number of nitrogens with zero attached hydrogens (tertiary/aromatic N) is 2. The van der Waals surface area contributed by atoms with E-state index in [1.807, 2.05) is 43.1 Å². The van der Waals surface area contributed by atoms with Crippen LogP contribution in [-0.2, 0) is 11.2 Å². The van der Waals surface area contributed by atoms with Crippen molar-refractivity contribution >= 4 is 17.2 Å². The summed E-state index contributed by atoms with van der Waals surface area (Å²) in [6.45, 7) is 2.49. The van der Waals surface area contributed by atoms with Crippen molar-refractivity contribution in [3.63, 3.8) is 0 Å². The second-order valence-electron chi connectivity index (χ2n) is 6.30. The summed E-state index contributed by atoms with van der Waals surface area (Å²) >= 11 is 1.74. The fourth-order valence-electron chi connectivity index (χ4n) is 3.66. The largest absolute Gasteiger partial charge is 0.492 e. The Kier molecular flexibility index (Phi) is 3.60. The molecule has 0 N–H and O–H groups in total. The number of aryl methyl sites for hydroxylation is 2. The van der Waals surface area contributed by atoms with Crippen molar-refractivity contribution in [1.82, 2.24) is 9.88 Å². The number of carbonyl (C=O) groups is 1. The minimum Gasteiger partial charge on any atom is -0.492 e. The smallest absolute Gasteiger partial charge is 0.234 e. The standard InChI is InChI=1S/C18H20N2O2S/c1-11-19-14-7-5-8-15(17(14)23-11)20(2)18(21)13-10-22-16-9-4-3-6-12(13)16/h3-4,6,9,13,15H,5,7-8,10H2,1-2H3/t13-,15-/m1/s1. The molecule has 0 radical (unpaired) electrons. The number of para-hydroxylation sites is 1. The second kappa shape index (κ2) is 5.64. The molecule has 1 aliphatic heterocycles. The van der Waals surface area contributed by atoms with E-state index >= 15 is 0 Å². The van der Waals surface area contributed by atoms with Crippen LogP contribution in [0.2, 0.25) is 0 Å². The summed E-state index contributed by atoms with van der Waals surface area (Å²) in [6.07, 6.45) is 3.15. The fourth-order valence-corrected chi connectivity index (χ4v) is 4.81. The molecule has 1 aliphatic carbocycles. The van der Waals surface area contributed by atoms with Gasteiger partial charge < -0.3 is 9.64 Å². The van der Waals surface area contributed by atoms with Gasteiger partial charge in [0.1, 0.15) is 18.3 Å². The fraction of sp³-hybridized carbons (Fsp3) is 0.444. The Bertz CT molecular complexity index is 755. The molecule has 4 rings (SSSR count). The number of hydrogen-bond acceptors (Lipinski definition) is 4. The molecule has 2 heterocycles. The molecular formula is C18H20N2O2S. The molecule has 0 bridgehead atoms. The number of rotatable bonds is 2. The van der Waals surface area contributed by atoms with Crippen LogP contribution in [0.3, 0.4) is 0 Å². The predicted molar refractivity (Wildman–Crippen MR) is 90.0 cm³/mol. The van der Waals surface area contributed by atoms with Gasteiger partial charge >= 0.3 is 0 Å². The maximum absolute atomic E-state index is 13.1. The molecule has 2 aliphatic rings. The Morgan fingerprint density at radius 2 is 2.22 bits per heavy atom. The third-order valence-corrected chi connectivity index (χ3v) is 5.96. The lowest BCUT2D eigenvalue weighted by molar-refractivity contribution is -0.134. The first-order valence-electron chi connectivity index (χ1n) is 8.09.